The van der Waals surface area contributed by atoms with E-state index in [1.807, 2.05) is 41.8 Å². The van der Waals surface area contributed by atoms with E-state index in [0.717, 1.165) is 5.56 Å². The van der Waals surface area contributed by atoms with Crippen LogP contribution >= 0.6 is 0 Å². The molecule has 0 bridgehead atoms. The van der Waals surface area contributed by atoms with Crippen LogP contribution in [0.4, 0.5) is 8.78 Å². The molecule has 0 radical (unpaired) electrons. The van der Waals surface area contributed by atoms with Crippen LogP contribution in [0, 0.1) is 11.6 Å². The van der Waals surface area contributed by atoms with E-state index >= 15 is 0 Å². The van der Waals surface area contributed by atoms with Crippen molar-refractivity contribution in [2.24, 2.45) is 0 Å². The highest BCUT2D eigenvalue weighted by atomic mass is 19.1. The minimum absolute atomic E-state index is 0.0619. The first-order valence-electron chi connectivity index (χ1n) is 8.21. The van der Waals surface area contributed by atoms with Crippen molar-refractivity contribution in [2.45, 2.75) is 13.0 Å². The molecule has 3 aromatic rings. The summed E-state index contributed by atoms with van der Waals surface area (Å²) in [6, 6.07) is 12.0. The molecular weight excluding hydrogens is 338 g/mol. The van der Waals surface area contributed by atoms with Crippen molar-refractivity contribution >= 4 is 0 Å². The Morgan fingerprint density at radius 1 is 1.04 bits per heavy atom. The lowest BCUT2D eigenvalue weighted by Crippen LogP contribution is -2.11. The number of benzene rings is 2. The normalized spacial score (nSPS) is 12.2. The van der Waals surface area contributed by atoms with E-state index in [2.05, 4.69) is 4.98 Å². The maximum Gasteiger partial charge on any atom is 0.190 e. The predicted molar refractivity (Wildman–Crippen MR) is 96.2 cm³/mol. The van der Waals surface area contributed by atoms with Crippen molar-refractivity contribution in [3.8, 4) is 28.3 Å². The smallest absolute Gasteiger partial charge is 0.190 e. The van der Waals surface area contributed by atoms with E-state index in [4.69, 9.17) is 9.47 Å². The summed E-state index contributed by atoms with van der Waals surface area (Å²) in [5.74, 6) is -1.91. The molecule has 3 rings (SSSR count). The molecular formula is C20H20F2N2O2. The second-order valence-electron chi connectivity index (χ2n) is 5.99. The second-order valence-corrected chi connectivity index (χ2v) is 5.99. The molecule has 0 spiro atoms. The van der Waals surface area contributed by atoms with Crippen molar-refractivity contribution in [1.82, 2.24) is 9.55 Å². The summed E-state index contributed by atoms with van der Waals surface area (Å²) in [6.07, 6.45) is 1.67. The zero-order chi connectivity index (χ0) is 18.7. The van der Waals surface area contributed by atoms with Gasteiger partial charge in [0.15, 0.2) is 17.4 Å². The first-order chi connectivity index (χ1) is 12.6. The number of methoxy groups -OCH3 is 2. The van der Waals surface area contributed by atoms with Crippen molar-refractivity contribution in [1.29, 1.82) is 0 Å². The Bertz CT molecular complexity index is 871. The lowest BCUT2D eigenvalue weighted by Gasteiger charge is -2.17. The molecule has 1 aromatic heterocycles. The number of halogens is 2. The van der Waals surface area contributed by atoms with Crippen LogP contribution in [0.1, 0.15) is 13.0 Å². The first kappa shape index (κ1) is 18.1. The summed E-state index contributed by atoms with van der Waals surface area (Å²) in [5.41, 5.74) is 2.53. The lowest BCUT2D eigenvalue weighted by molar-refractivity contribution is 0.163. The van der Waals surface area contributed by atoms with Gasteiger partial charge in [0.05, 0.1) is 37.5 Å². The highest BCUT2D eigenvalue weighted by Gasteiger charge is 2.21. The number of rotatable bonds is 6. The fourth-order valence-electron chi connectivity index (χ4n) is 3.00. The van der Waals surface area contributed by atoms with Gasteiger partial charge in [-0.15, -0.1) is 0 Å². The molecule has 0 saturated heterocycles. The van der Waals surface area contributed by atoms with Crippen LogP contribution in [0.25, 0.3) is 22.5 Å². The van der Waals surface area contributed by atoms with E-state index in [1.54, 1.807) is 13.4 Å². The van der Waals surface area contributed by atoms with Crippen molar-refractivity contribution in [3.63, 3.8) is 0 Å². The van der Waals surface area contributed by atoms with Crippen LogP contribution in [-0.4, -0.2) is 30.4 Å². The van der Waals surface area contributed by atoms with Gasteiger partial charge in [-0.3, -0.25) is 0 Å². The van der Waals surface area contributed by atoms with E-state index in [-0.39, 0.29) is 6.04 Å². The van der Waals surface area contributed by atoms with Crippen LogP contribution in [0.3, 0.4) is 0 Å². The van der Waals surface area contributed by atoms with Gasteiger partial charge in [-0.05, 0) is 19.1 Å². The quantitative estimate of drug-likeness (QED) is 0.640. The van der Waals surface area contributed by atoms with E-state index in [1.165, 1.54) is 19.2 Å². The third-order valence-corrected chi connectivity index (χ3v) is 4.20. The van der Waals surface area contributed by atoms with Gasteiger partial charge < -0.3 is 14.0 Å². The fourth-order valence-corrected chi connectivity index (χ4v) is 3.00. The Kier molecular flexibility index (Phi) is 5.32. The van der Waals surface area contributed by atoms with Crippen molar-refractivity contribution < 1.29 is 18.3 Å². The minimum atomic E-state index is -0.756. The van der Waals surface area contributed by atoms with Gasteiger partial charge in [0.2, 0.25) is 0 Å². The molecule has 0 aliphatic heterocycles. The predicted octanol–water partition coefficient (Wildman–Crippen LogP) is 4.71. The summed E-state index contributed by atoms with van der Waals surface area (Å²) < 4.78 is 40.5. The van der Waals surface area contributed by atoms with Gasteiger partial charge in [-0.25, -0.2) is 13.8 Å². The Morgan fingerprint density at radius 2 is 1.69 bits per heavy atom. The average Bonchev–Trinajstić information content (AvgIpc) is 3.07. The maximum absolute atomic E-state index is 14.3. The zero-order valence-electron chi connectivity index (χ0n) is 14.9. The van der Waals surface area contributed by atoms with Gasteiger partial charge in [-0.2, -0.15) is 0 Å². The third kappa shape index (κ3) is 3.32. The van der Waals surface area contributed by atoms with E-state index < -0.39 is 17.4 Å². The molecule has 0 aliphatic carbocycles. The van der Waals surface area contributed by atoms with Gasteiger partial charge >= 0.3 is 0 Å². The number of hydrogen-bond donors (Lipinski definition) is 0. The molecule has 1 atom stereocenters. The van der Waals surface area contributed by atoms with Crippen molar-refractivity contribution in [2.75, 3.05) is 20.8 Å². The van der Waals surface area contributed by atoms with Crippen LogP contribution in [0.5, 0.6) is 5.75 Å². The standard InChI is InChI=1S/C20H20F2N2O2/c1-13(11-25-2)24-12-23-18(14-7-5-4-6-8-14)19(24)15-9-16(21)20(26-3)17(22)10-15/h4-10,12-13H,11H2,1-3H3/t13-/m0/s1. The van der Waals surface area contributed by atoms with Crippen LogP contribution in [0.15, 0.2) is 48.8 Å². The highest BCUT2D eigenvalue weighted by Crippen LogP contribution is 2.36. The number of aromatic nitrogens is 2. The van der Waals surface area contributed by atoms with Crippen molar-refractivity contribution in [3.05, 3.63) is 60.4 Å². The molecule has 136 valence electrons. The molecule has 1 heterocycles. The van der Waals surface area contributed by atoms with Crippen LogP contribution in [-0.2, 0) is 4.74 Å². The summed E-state index contributed by atoms with van der Waals surface area (Å²) >= 11 is 0. The van der Waals surface area contributed by atoms with Gasteiger partial charge in [0.1, 0.15) is 0 Å². The molecule has 0 amide bonds. The second kappa shape index (κ2) is 7.66. The Labute approximate surface area is 151 Å². The van der Waals surface area contributed by atoms with E-state index in [9.17, 15) is 8.78 Å². The summed E-state index contributed by atoms with van der Waals surface area (Å²) in [6.45, 7) is 2.40. The Morgan fingerprint density at radius 3 is 2.27 bits per heavy atom. The van der Waals surface area contributed by atoms with Gasteiger partial charge in [0, 0.05) is 18.2 Å². The molecule has 0 saturated carbocycles. The molecule has 6 heteroatoms. The zero-order valence-corrected chi connectivity index (χ0v) is 14.9. The monoisotopic (exact) mass is 358 g/mol. The topological polar surface area (TPSA) is 36.3 Å². The molecule has 0 fully saturated rings. The summed E-state index contributed by atoms with van der Waals surface area (Å²) in [5, 5.41) is 0. The molecule has 0 aliphatic rings. The number of nitrogens with zero attached hydrogens (tertiary/aromatic N) is 2. The summed E-state index contributed by atoms with van der Waals surface area (Å²) in [4.78, 5) is 4.50. The first-order valence-corrected chi connectivity index (χ1v) is 8.21. The lowest BCUT2D eigenvalue weighted by atomic mass is 10.0. The van der Waals surface area contributed by atoms with Crippen LogP contribution in [0.2, 0.25) is 0 Å². The fraction of sp³-hybridized carbons (Fsp3) is 0.250. The third-order valence-electron chi connectivity index (χ3n) is 4.20. The molecule has 4 nitrogen and oxygen atoms in total. The number of imidazole rings is 1. The molecule has 2 aromatic carbocycles. The van der Waals surface area contributed by atoms with Gasteiger partial charge in [0.25, 0.3) is 0 Å². The summed E-state index contributed by atoms with van der Waals surface area (Å²) in [7, 11) is 2.85. The van der Waals surface area contributed by atoms with E-state index in [0.29, 0.717) is 23.6 Å². The largest absolute Gasteiger partial charge is 0.491 e. The number of ether oxygens (including phenoxy) is 2. The highest BCUT2D eigenvalue weighted by molar-refractivity contribution is 5.79. The number of hydrogen-bond acceptors (Lipinski definition) is 3. The minimum Gasteiger partial charge on any atom is -0.491 e. The van der Waals surface area contributed by atoms with Crippen LogP contribution < -0.4 is 4.74 Å². The molecule has 26 heavy (non-hydrogen) atoms. The van der Waals surface area contributed by atoms with Gasteiger partial charge in [-0.1, -0.05) is 30.3 Å². The molecule has 0 unspecified atom stereocenters. The molecule has 0 N–H and O–H groups in total. The maximum atomic E-state index is 14.3. The SMILES string of the molecule is COC[C@H](C)n1cnc(-c2ccccc2)c1-c1cc(F)c(OC)c(F)c1. The average molecular weight is 358 g/mol. The Hall–Kier alpha value is -2.73. The Balaban J connectivity index is 2.22.